The Balaban J connectivity index is 1.56. The third kappa shape index (κ3) is 4.80. The van der Waals surface area contributed by atoms with Gasteiger partial charge in [0.25, 0.3) is 0 Å². The van der Waals surface area contributed by atoms with Crippen LogP contribution < -0.4 is 9.64 Å². The molecule has 5 nitrogen and oxygen atoms in total. The van der Waals surface area contributed by atoms with Gasteiger partial charge in [-0.2, -0.15) is 0 Å². The van der Waals surface area contributed by atoms with Crippen LogP contribution in [0.1, 0.15) is 17.9 Å². The second-order valence-electron chi connectivity index (χ2n) is 6.78. The van der Waals surface area contributed by atoms with E-state index in [-0.39, 0.29) is 11.9 Å². The molecule has 1 aliphatic heterocycles. The van der Waals surface area contributed by atoms with Crippen molar-refractivity contribution in [3.8, 4) is 5.75 Å². The van der Waals surface area contributed by atoms with Gasteiger partial charge in [-0.1, -0.05) is 42.5 Å². The molecule has 1 aliphatic rings. The lowest BCUT2D eigenvalue weighted by atomic mass is 9.95. The van der Waals surface area contributed by atoms with Crippen molar-refractivity contribution in [1.82, 2.24) is 4.90 Å². The minimum absolute atomic E-state index is 0.158. The Morgan fingerprint density at radius 3 is 2.30 bits per heavy atom. The van der Waals surface area contributed by atoms with Gasteiger partial charge in [0.05, 0.1) is 25.8 Å². The molecular formula is C22H28N2O3. The van der Waals surface area contributed by atoms with Crippen molar-refractivity contribution in [2.45, 2.75) is 12.3 Å². The Hall–Kier alpha value is -2.53. The smallest absolute Gasteiger partial charge is 0.313 e. The normalized spacial score (nSPS) is 16.0. The first kappa shape index (κ1) is 19.2. The van der Waals surface area contributed by atoms with Gasteiger partial charge in [0.2, 0.25) is 0 Å². The van der Waals surface area contributed by atoms with Crippen LogP contribution in [0.4, 0.5) is 5.69 Å². The van der Waals surface area contributed by atoms with E-state index in [1.54, 1.807) is 7.11 Å². The number of hydrogen-bond acceptors (Lipinski definition) is 5. The van der Waals surface area contributed by atoms with E-state index in [4.69, 9.17) is 9.47 Å². The van der Waals surface area contributed by atoms with Gasteiger partial charge in [0.1, 0.15) is 5.75 Å². The van der Waals surface area contributed by atoms with E-state index in [9.17, 15) is 4.79 Å². The molecule has 0 radical (unpaired) electrons. The number of ether oxygens (including phenoxy) is 2. The van der Waals surface area contributed by atoms with E-state index in [0.29, 0.717) is 0 Å². The number of anilines is 1. The lowest BCUT2D eigenvalue weighted by Crippen LogP contribution is -2.47. The van der Waals surface area contributed by atoms with Crippen molar-refractivity contribution < 1.29 is 14.3 Å². The summed E-state index contributed by atoms with van der Waals surface area (Å²) in [7, 11) is 3.18. The Morgan fingerprint density at radius 1 is 0.963 bits per heavy atom. The van der Waals surface area contributed by atoms with E-state index in [1.165, 1.54) is 7.11 Å². The summed E-state index contributed by atoms with van der Waals surface area (Å²) in [5.41, 5.74) is 2.17. The number of carbonyl (C=O) groups excluding carboxylic acids is 1. The molecule has 0 aliphatic carbocycles. The number of piperazine rings is 1. The van der Waals surface area contributed by atoms with Crippen LogP contribution in [0.3, 0.4) is 0 Å². The number of nitrogens with zero attached hydrogens (tertiary/aromatic N) is 2. The average Bonchev–Trinajstić information content (AvgIpc) is 2.75. The van der Waals surface area contributed by atoms with Crippen LogP contribution in [-0.2, 0) is 9.53 Å². The maximum Gasteiger partial charge on any atom is 0.313 e. The Morgan fingerprint density at radius 2 is 1.63 bits per heavy atom. The van der Waals surface area contributed by atoms with Gasteiger partial charge in [0.15, 0.2) is 0 Å². The second kappa shape index (κ2) is 9.42. The van der Waals surface area contributed by atoms with E-state index < -0.39 is 0 Å². The van der Waals surface area contributed by atoms with Gasteiger partial charge >= 0.3 is 5.97 Å². The van der Waals surface area contributed by atoms with Crippen LogP contribution in [-0.4, -0.2) is 57.8 Å². The fraction of sp³-hybridized carbons (Fsp3) is 0.409. The SMILES string of the molecule is COC(=O)C(CCN1CCN(c2ccccc2OC)CC1)c1ccccc1. The molecule has 0 bridgehead atoms. The zero-order chi connectivity index (χ0) is 19.1. The van der Waals surface area contributed by atoms with Gasteiger partial charge in [-0.15, -0.1) is 0 Å². The summed E-state index contributed by atoms with van der Waals surface area (Å²) < 4.78 is 10.5. The van der Waals surface area contributed by atoms with Gasteiger partial charge < -0.3 is 14.4 Å². The van der Waals surface area contributed by atoms with Crippen LogP contribution >= 0.6 is 0 Å². The molecule has 0 aromatic heterocycles. The molecule has 1 saturated heterocycles. The fourth-order valence-corrected chi connectivity index (χ4v) is 3.66. The predicted molar refractivity (Wildman–Crippen MR) is 107 cm³/mol. The molecule has 2 aromatic carbocycles. The third-order valence-corrected chi connectivity index (χ3v) is 5.22. The van der Waals surface area contributed by atoms with Crippen LogP contribution in [0.2, 0.25) is 0 Å². The monoisotopic (exact) mass is 368 g/mol. The average molecular weight is 368 g/mol. The molecule has 27 heavy (non-hydrogen) atoms. The van der Waals surface area contributed by atoms with Crippen molar-refractivity contribution in [1.29, 1.82) is 0 Å². The van der Waals surface area contributed by atoms with Crippen LogP contribution in [0.15, 0.2) is 54.6 Å². The van der Waals surface area contributed by atoms with Gasteiger partial charge in [-0.25, -0.2) is 0 Å². The number of benzene rings is 2. The van der Waals surface area contributed by atoms with Crippen molar-refractivity contribution in [2.75, 3.05) is 51.8 Å². The summed E-state index contributed by atoms with van der Waals surface area (Å²) >= 11 is 0. The topological polar surface area (TPSA) is 42.0 Å². The van der Waals surface area contributed by atoms with Crippen LogP contribution in [0.5, 0.6) is 5.75 Å². The highest BCUT2D eigenvalue weighted by molar-refractivity contribution is 5.78. The van der Waals surface area contributed by atoms with Gasteiger partial charge in [-0.05, 0) is 30.7 Å². The first-order valence-corrected chi connectivity index (χ1v) is 9.46. The summed E-state index contributed by atoms with van der Waals surface area (Å²) in [4.78, 5) is 17.0. The summed E-state index contributed by atoms with van der Waals surface area (Å²) in [6.45, 7) is 4.74. The quantitative estimate of drug-likeness (QED) is 0.702. The van der Waals surface area contributed by atoms with Crippen molar-refractivity contribution in [2.24, 2.45) is 0 Å². The largest absolute Gasteiger partial charge is 0.495 e. The minimum Gasteiger partial charge on any atom is -0.495 e. The van der Waals surface area contributed by atoms with Crippen LogP contribution in [0.25, 0.3) is 0 Å². The Bertz CT molecular complexity index is 727. The highest BCUT2D eigenvalue weighted by atomic mass is 16.5. The molecule has 3 rings (SSSR count). The number of rotatable bonds is 7. The van der Waals surface area contributed by atoms with E-state index in [2.05, 4.69) is 15.9 Å². The van der Waals surface area contributed by atoms with Crippen LogP contribution in [0, 0.1) is 0 Å². The third-order valence-electron chi connectivity index (χ3n) is 5.22. The predicted octanol–water partition coefficient (Wildman–Crippen LogP) is 3.16. The highest BCUT2D eigenvalue weighted by Gasteiger charge is 2.24. The second-order valence-corrected chi connectivity index (χ2v) is 6.78. The lowest BCUT2D eigenvalue weighted by molar-refractivity contribution is -0.142. The summed E-state index contributed by atoms with van der Waals surface area (Å²) in [6.07, 6.45) is 0.769. The molecule has 0 saturated carbocycles. The summed E-state index contributed by atoms with van der Waals surface area (Å²) in [5.74, 6) is 0.554. The Kier molecular flexibility index (Phi) is 6.71. The zero-order valence-electron chi connectivity index (χ0n) is 16.1. The van der Waals surface area contributed by atoms with Crippen molar-refractivity contribution in [3.05, 3.63) is 60.2 Å². The number of esters is 1. The van der Waals surface area contributed by atoms with Gasteiger partial charge in [0, 0.05) is 26.2 Å². The molecule has 0 amide bonds. The molecule has 144 valence electrons. The lowest BCUT2D eigenvalue weighted by Gasteiger charge is -2.37. The molecule has 1 heterocycles. The maximum atomic E-state index is 12.2. The molecule has 0 spiro atoms. The van der Waals surface area contributed by atoms with Gasteiger partial charge in [-0.3, -0.25) is 9.69 Å². The molecule has 2 aromatic rings. The first-order valence-electron chi connectivity index (χ1n) is 9.46. The minimum atomic E-state index is -0.205. The molecule has 1 atom stereocenters. The number of hydrogen-bond donors (Lipinski definition) is 0. The molecule has 0 N–H and O–H groups in total. The van der Waals surface area contributed by atoms with E-state index in [0.717, 1.165) is 56.1 Å². The molecule has 1 fully saturated rings. The molecule has 1 unspecified atom stereocenters. The maximum absolute atomic E-state index is 12.2. The summed E-state index contributed by atoms with van der Waals surface area (Å²) in [5, 5.41) is 0. The zero-order valence-corrected chi connectivity index (χ0v) is 16.1. The Labute approximate surface area is 161 Å². The fourth-order valence-electron chi connectivity index (χ4n) is 3.66. The molecule has 5 heteroatoms. The highest BCUT2D eigenvalue weighted by Crippen LogP contribution is 2.28. The summed E-state index contributed by atoms with van der Waals surface area (Å²) in [6, 6.07) is 18.1. The number of para-hydroxylation sites is 2. The van der Waals surface area contributed by atoms with E-state index >= 15 is 0 Å². The number of methoxy groups -OCH3 is 2. The number of carbonyl (C=O) groups is 1. The standard InChI is InChI=1S/C22H28N2O3/c1-26-21-11-7-6-10-20(21)24-16-14-23(15-17-24)13-12-19(22(25)27-2)18-8-4-3-5-9-18/h3-11,19H,12-17H2,1-2H3. The molecular weight excluding hydrogens is 340 g/mol. The first-order chi connectivity index (χ1) is 13.2. The van der Waals surface area contributed by atoms with E-state index in [1.807, 2.05) is 48.5 Å². The van der Waals surface area contributed by atoms with Crippen molar-refractivity contribution in [3.63, 3.8) is 0 Å². The van der Waals surface area contributed by atoms with Crippen molar-refractivity contribution >= 4 is 11.7 Å².